The summed E-state index contributed by atoms with van der Waals surface area (Å²) in [5.41, 5.74) is 5.62. The number of hydrogen-bond donors (Lipinski definition) is 0. The van der Waals surface area contributed by atoms with E-state index < -0.39 is 0 Å². The number of hydrogen-bond acceptors (Lipinski definition) is 3. The summed E-state index contributed by atoms with van der Waals surface area (Å²) in [4.78, 5) is 14.3. The number of benzene rings is 2. The number of rotatable bonds is 4. The van der Waals surface area contributed by atoms with E-state index in [4.69, 9.17) is 9.68 Å². The molecule has 0 unspecified atom stereocenters. The Labute approximate surface area is 147 Å². The quantitative estimate of drug-likeness (QED) is 0.722. The molecule has 4 heteroatoms. The molecule has 0 bridgehead atoms. The maximum Gasteiger partial charge on any atom is 0.227 e. The molecule has 0 aliphatic carbocycles. The van der Waals surface area contributed by atoms with E-state index in [1.54, 1.807) is 24.3 Å². The molecule has 3 rings (SSSR count). The summed E-state index contributed by atoms with van der Waals surface area (Å²) in [5, 5.41) is 9.97. The molecule has 0 atom stereocenters. The van der Waals surface area contributed by atoms with Gasteiger partial charge < -0.3 is 9.32 Å². The second kappa shape index (κ2) is 6.82. The van der Waals surface area contributed by atoms with Crippen molar-refractivity contribution >= 4 is 16.9 Å². The maximum absolute atomic E-state index is 12.6. The van der Waals surface area contributed by atoms with Crippen molar-refractivity contribution in [1.82, 2.24) is 4.90 Å². The molecule has 0 radical (unpaired) electrons. The fourth-order valence-electron chi connectivity index (χ4n) is 2.87. The zero-order chi connectivity index (χ0) is 18.0. The molecule has 0 saturated heterocycles. The van der Waals surface area contributed by atoms with Gasteiger partial charge in [0.05, 0.1) is 24.3 Å². The summed E-state index contributed by atoms with van der Waals surface area (Å²) >= 11 is 0. The molecule has 4 nitrogen and oxygen atoms in total. The van der Waals surface area contributed by atoms with Gasteiger partial charge in [-0.05, 0) is 54.8 Å². The van der Waals surface area contributed by atoms with Crippen LogP contribution in [0.1, 0.15) is 27.8 Å². The first-order valence-electron chi connectivity index (χ1n) is 8.18. The second-order valence-corrected chi connectivity index (χ2v) is 6.43. The van der Waals surface area contributed by atoms with Gasteiger partial charge in [-0.1, -0.05) is 12.1 Å². The Hall–Kier alpha value is -3.06. The third-order valence-corrected chi connectivity index (χ3v) is 4.51. The van der Waals surface area contributed by atoms with E-state index in [1.165, 1.54) is 11.1 Å². The number of fused-ring (bicyclic) bond motifs is 1. The lowest BCUT2D eigenvalue weighted by Gasteiger charge is -2.17. The van der Waals surface area contributed by atoms with E-state index in [1.807, 2.05) is 31.2 Å². The lowest BCUT2D eigenvalue weighted by Crippen LogP contribution is -2.27. The third kappa shape index (κ3) is 3.56. The number of amides is 1. The van der Waals surface area contributed by atoms with Gasteiger partial charge in [0.1, 0.15) is 5.58 Å². The Morgan fingerprint density at radius 3 is 2.72 bits per heavy atom. The van der Waals surface area contributed by atoms with Crippen LogP contribution in [0.25, 0.3) is 11.0 Å². The Bertz CT molecular complexity index is 979. The molecule has 0 fully saturated rings. The summed E-state index contributed by atoms with van der Waals surface area (Å²) in [6.45, 7) is 4.58. The first-order chi connectivity index (χ1) is 12.0. The summed E-state index contributed by atoms with van der Waals surface area (Å²) < 4.78 is 5.61. The zero-order valence-electron chi connectivity index (χ0n) is 14.7. The van der Waals surface area contributed by atoms with Crippen LogP contribution in [0.2, 0.25) is 0 Å². The average molecular weight is 332 g/mol. The summed E-state index contributed by atoms with van der Waals surface area (Å²) in [7, 11) is 1.78. The van der Waals surface area contributed by atoms with Crippen molar-refractivity contribution in [2.45, 2.75) is 26.8 Å². The van der Waals surface area contributed by atoms with Gasteiger partial charge in [0.25, 0.3) is 0 Å². The molecule has 1 heterocycles. The number of carbonyl (C=O) groups is 1. The molecule has 0 N–H and O–H groups in total. The van der Waals surface area contributed by atoms with Crippen molar-refractivity contribution in [1.29, 1.82) is 5.26 Å². The van der Waals surface area contributed by atoms with Gasteiger partial charge in [-0.15, -0.1) is 0 Å². The fraction of sp³-hybridized carbons (Fsp3) is 0.238. The Kier molecular flexibility index (Phi) is 4.58. The van der Waals surface area contributed by atoms with Crippen LogP contribution in [-0.4, -0.2) is 17.9 Å². The van der Waals surface area contributed by atoms with Crippen LogP contribution >= 0.6 is 0 Å². The summed E-state index contributed by atoms with van der Waals surface area (Å²) in [5.74, 6) is 0.0169. The number of nitrogens with zero attached hydrogens (tertiary/aromatic N) is 2. The number of furan rings is 1. The van der Waals surface area contributed by atoms with Crippen molar-refractivity contribution in [2.24, 2.45) is 0 Å². The van der Waals surface area contributed by atoms with E-state index in [0.717, 1.165) is 22.1 Å². The minimum atomic E-state index is 0.0169. The van der Waals surface area contributed by atoms with Crippen LogP contribution < -0.4 is 0 Å². The SMILES string of the molecule is Cc1cc2occ(CC(=O)N(C)Cc3cccc(C#N)c3)c2cc1C. The highest BCUT2D eigenvalue weighted by Crippen LogP contribution is 2.25. The predicted octanol–water partition coefficient (Wildman–Crippen LogP) is 4.12. The minimum Gasteiger partial charge on any atom is -0.464 e. The largest absolute Gasteiger partial charge is 0.464 e. The molecule has 0 aliphatic heterocycles. The molecular formula is C21H20N2O2. The first-order valence-corrected chi connectivity index (χ1v) is 8.18. The van der Waals surface area contributed by atoms with Crippen LogP contribution in [-0.2, 0) is 17.8 Å². The van der Waals surface area contributed by atoms with Gasteiger partial charge in [-0.25, -0.2) is 0 Å². The first kappa shape index (κ1) is 16.8. The number of nitriles is 1. The lowest BCUT2D eigenvalue weighted by molar-refractivity contribution is -0.129. The van der Waals surface area contributed by atoms with Gasteiger partial charge >= 0.3 is 0 Å². The van der Waals surface area contributed by atoms with Crippen LogP contribution in [0.5, 0.6) is 0 Å². The summed E-state index contributed by atoms with van der Waals surface area (Å²) in [6.07, 6.45) is 1.97. The molecule has 1 amide bonds. The molecule has 3 aromatic rings. The van der Waals surface area contributed by atoms with Gasteiger partial charge in [0.2, 0.25) is 5.91 Å². The van der Waals surface area contributed by atoms with Crippen molar-refractivity contribution in [2.75, 3.05) is 7.05 Å². The third-order valence-electron chi connectivity index (χ3n) is 4.51. The standard InChI is InChI=1S/C21H20N2O2/c1-14-7-19-18(13-25-20(19)8-15(14)2)10-21(24)23(3)12-17-6-4-5-16(9-17)11-22/h4-9,13H,10,12H2,1-3H3. The van der Waals surface area contributed by atoms with Crippen molar-refractivity contribution < 1.29 is 9.21 Å². The Balaban J connectivity index is 1.75. The Morgan fingerprint density at radius 2 is 1.96 bits per heavy atom. The van der Waals surface area contributed by atoms with Gasteiger partial charge in [0, 0.05) is 24.5 Å². The molecule has 0 spiro atoms. The van der Waals surface area contributed by atoms with Crippen LogP contribution in [0.15, 0.2) is 47.1 Å². The topological polar surface area (TPSA) is 57.2 Å². The van der Waals surface area contributed by atoms with E-state index in [-0.39, 0.29) is 5.91 Å². The average Bonchev–Trinajstić information content (AvgIpc) is 2.97. The highest BCUT2D eigenvalue weighted by Gasteiger charge is 2.15. The summed E-state index contributed by atoms with van der Waals surface area (Å²) in [6, 6.07) is 13.5. The van der Waals surface area contributed by atoms with Crippen molar-refractivity contribution in [3.63, 3.8) is 0 Å². The van der Waals surface area contributed by atoms with E-state index >= 15 is 0 Å². The van der Waals surface area contributed by atoms with Crippen molar-refractivity contribution in [3.8, 4) is 6.07 Å². The highest BCUT2D eigenvalue weighted by molar-refractivity contribution is 5.88. The lowest BCUT2D eigenvalue weighted by atomic mass is 10.0. The zero-order valence-corrected chi connectivity index (χ0v) is 14.7. The maximum atomic E-state index is 12.6. The fourth-order valence-corrected chi connectivity index (χ4v) is 2.87. The van der Waals surface area contributed by atoms with Gasteiger partial charge in [0.15, 0.2) is 0 Å². The molecule has 25 heavy (non-hydrogen) atoms. The van der Waals surface area contributed by atoms with E-state index in [9.17, 15) is 4.79 Å². The molecule has 0 aliphatic rings. The smallest absolute Gasteiger partial charge is 0.227 e. The van der Waals surface area contributed by atoms with Gasteiger partial charge in [-0.2, -0.15) is 5.26 Å². The van der Waals surface area contributed by atoms with Crippen LogP contribution in [0, 0.1) is 25.2 Å². The van der Waals surface area contributed by atoms with E-state index in [2.05, 4.69) is 19.1 Å². The minimum absolute atomic E-state index is 0.0169. The van der Waals surface area contributed by atoms with Crippen LogP contribution in [0.3, 0.4) is 0 Å². The predicted molar refractivity (Wildman–Crippen MR) is 97.0 cm³/mol. The highest BCUT2D eigenvalue weighted by atomic mass is 16.3. The number of aryl methyl sites for hydroxylation is 2. The molecule has 126 valence electrons. The normalized spacial score (nSPS) is 10.6. The van der Waals surface area contributed by atoms with E-state index in [0.29, 0.717) is 18.5 Å². The number of likely N-dealkylation sites (N-methyl/N-ethyl adjacent to an activating group) is 1. The van der Waals surface area contributed by atoms with Gasteiger partial charge in [-0.3, -0.25) is 4.79 Å². The molecule has 0 saturated carbocycles. The molecular weight excluding hydrogens is 312 g/mol. The van der Waals surface area contributed by atoms with Crippen molar-refractivity contribution in [3.05, 3.63) is 70.5 Å². The Morgan fingerprint density at radius 1 is 1.20 bits per heavy atom. The van der Waals surface area contributed by atoms with Crippen LogP contribution in [0.4, 0.5) is 0 Å². The molecule has 1 aromatic heterocycles. The monoisotopic (exact) mass is 332 g/mol. The number of carbonyl (C=O) groups excluding carboxylic acids is 1. The molecule has 2 aromatic carbocycles. The second-order valence-electron chi connectivity index (χ2n) is 6.43.